The molecule has 3 aliphatic rings. The van der Waals surface area contributed by atoms with Gasteiger partial charge in [-0.1, -0.05) is 6.07 Å². The van der Waals surface area contributed by atoms with E-state index in [1.165, 1.54) is 6.42 Å². The van der Waals surface area contributed by atoms with E-state index in [1.807, 2.05) is 18.2 Å². The van der Waals surface area contributed by atoms with E-state index in [1.54, 1.807) is 0 Å². The van der Waals surface area contributed by atoms with Crippen molar-refractivity contribution in [2.24, 2.45) is 5.92 Å². The van der Waals surface area contributed by atoms with E-state index in [2.05, 4.69) is 22.2 Å². The fourth-order valence-electron chi connectivity index (χ4n) is 4.17. The number of benzene rings is 1. The maximum atomic E-state index is 12.7. The van der Waals surface area contributed by atoms with Gasteiger partial charge in [0.15, 0.2) is 11.5 Å². The molecule has 24 heavy (non-hydrogen) atoms. The third kappa shape index (κ3) is 3.02. The molecule has 2 saturated heterocycles. The van der Waals surface area contributed by atoms with Gasteiger partial charge in [-0.3, -0.25) is 0 Å². The molecule has 2 fully saturated rings. The maximum absolute atomic E-state index is 12.7. The highest BCUT2D eigenvalue weighted by molar-refractivity contribution is 5.74. The Morgan fingerprint density at radius 3 is 3.04 bits per heavy atom. The number of nitrogens with zero attached hydrogens (tertiary/aromatic N) is 2. The normalized spacial score (nSPS) is 26.1. The average Bonchev–Trinajstić information content (AvgIpc) is 3.06. The molecule has 4 rings (SSSR count). The minimum atomic E-state index is 0.0620. The zero-order chi connectivity index (χ0) is 16.5. The predicted octanol–water partition coefficient (Wildman–Crippen LogP) is 2.04. The van der Waals surface area contributed by atoms with Crippen LogP contribution in [0.1, 0.15) is 24.8 Å². The molecule has 1 aromatic rings. The molecule has 0 unspecified atom stereocenters. The van der Waals surface area contributed by atoms with E-state index in [4.69, 9.17) is 9.47 Å². The lowest BCUT2D eigenvalue weighted by molar-refractivity contribution is 0.0532. The molecular weight excluding hydrogens is 306 g/mol. The molecule has 6 nitrogen and oxygen atoms in total. The number of rotatable bonds is 2. The second-order valence-corrected chi connectivity index (χ2v) is 7.06. The van der Waals surface area contributed by atoms with Crippen molar-refractivity contribution in [1.82, 2.24) is 15.1 Å². The molecule has 0 saturated carbocycles. The first-order valence-electron chi connectivity index (χ1n) is 8.82. The summed E-state index contributed by atoms with van der Waals surface area (Å²) in [6, 6.07) is 6.27. The quantitative estimate of drug-likeness (QED) is 0.901. The summed E-state index contributed by atoms with van der Waals surface area (Å²) in [6.45, 7) is 3.85. The van der Waals surface area contributed by atoms with Crippen molar-refractivity contribution in [3.05, 3.63) is 23.8 Å². The highest BCUT2D eigenvalue weighted by atomic mass is 16.7. The molecule has 6 heteroatoms. The summed E-state index contributed by atoms with van der Waals surface area (Å²) in [4.78, 5) is 17.1. The van der Waals surface area contributed by atoms with Crippen molar-refractivity contribution in [2.75, 3.05) is 33.5 Å². The van der Waals surface area contributed by atoms with Crippen LogP contribution in [0.5, 0.6) is 11.5 Å². The number of piperidine rings is 2. The molecule has 1 aromatic carbocycles. The van der Waals surface area contributed by atoms with Gasteiger partial charge in [0.2, 0.25) is 6.79 Å². The largest absolute Gasteiger partial charge is 0.454 e. The minimum absolute atomic E-state index is 0.0620. The Kier molecular flexibility index (Phi) is 4.22. The summed E-state index contributed by atoms with van der Waals surface area (Å²) in [5.74, 6) is 2.15. The van der Waals surface area contributed by atoms with Gasteiger partial charge in [-0.05, 0) is 56.5 Å². The Morgan fingerprint density at radius 2 is 2.12 bits per heavy atom. The summed E-state index contributed by atoms with van der Waals surface area (Å²) in [7, 11) is 2.18. The lowest BCUT2D eigenvalue weighted by atomic mass is 9.84. The number of likely N-dealkylation sites (tertiary alicyclic amines) is 2. The van der Waals surface area contributed by atoms with Gasteiger partial charge < -0.3 is 24.6 Å². The maximum Gasteiger partial charge on any atom is 0.317 e. The second-order valence-electron chi connectivity index (χ2n) is 7.06. The molecule has 3 heterocycles. The number of ether oxygens (including phenoxy) is 2. The molecule has 0 bridgehead atoms. The van der Waals surface area contributed by atoms with Crippen LogP contribution in [0.3, 0.4) is 0 Å². The van der Waals surface area contributed by atoms with Crippen molar-refractivity contribution >= 4 is 6.03 Å². The van der Waals surface area contributed by atoms with Crippen LogP contribution in [0.2, 0.25) is 0 Å². The van der Waals surface area contributed by atoms with Gasteiger partial charge >= 0.3 is 6.03 Å². The number of nitrogens with one attached hydrogen (secondary N) is 1. The number of amides is 2. The van der Waals surface area contributed by atoms with Gasteiger partial charge in [0.1, 0.15) is 0 Å². The summed E-state index contributed by atoms with van der Waals surface area (Å²) in [5, 5.41) is 3.08. The van der Waals surface area contributed by atoms with Gasteiger partial charge in [-0.15, -0.1) is 0 Å². The number of urea groups is 1. The van der Waals surface area contributed by atoms with Crippen LogP contribution in [-0.2, 0) is 6.54 Å². The van der Waals surface area contributed by atoms with E-state index in [-0.39, 0.29) is 12.8 Å². The summed E-state index contributed by atoms with van der Waals surface area (Å²) in [6.07, 6.45) is 3.42. The number of carbonyl (C=O) groups is 1. The Hall–Kier alpha value is -1.95. The van der Waals surface area contributed by atoms with Gasteiger partial charge in [0, 0.05) is 25.7 Å². The topological polar surface area (TPSA) is 54.0 Å². The highest BCUT2D eigenvalue weighted by Gasteiger charge is 2.37. The van der Waals surface area contributed by atoms with Crippen LogP contribution >= 0.6 is 0 Å². The SMILES string of the molecule is CN1CC[C@@H]2[C@H](CCCN2C(=O)NCc2ccc3c(c2)OCO3)C1. The zero-order valence-corrected chi connectivity index (χ0v) is 14.2. The lowest BCUT2D eigenvalue weighted by Gasteiger charge is -2.46. The first kappa shape index (κ1) is 15.6. The second kappa shape index (κ2) is 6.51. The Labute approximate surface area is 142 Å². The molecule has 0 spiro atoms. The monoisotopic (exact) mass is 331 g/mol. The summed E-state index contributed by atoms with van der Waals surface area (Å²) < 4.78 is 10.7. The van der Waals surface area contributed by atoms with E-state index in [9.17, 15) is 4.79 Å². The van der Waals surface area contributed by atoms with Crippen LogP contribution in [0.15, 0.2) is 18.2 Å². The van der Waals surface area contributed by atoms with Crippen molar-refractivity contribution in [1.29, 1.82) is 0 Å². The summed E-state index contributed by atoms with van der Waals surface area (Å²) in [5.41, 5.74) is 1.03. The van der Waals surface area contributed by atoms with Crippen molar-refractivity contribution in [2.45, 2.75) is 31.8 Å². The van der Waals surface area contributed by atoms with Gasteiger partial charge in [-0.25, -0.2) is 4.79 Å². The summed E-state index contributed by atoms with van der Waals surface area (Å²) >= 11 is 0. The minimum Gasteiger partial charge on any atom is -0.454 e. The van der Waals surface area contributed by atoms with Crippen LogP contribution in [-0.4, -0.2) is 55.3 Å². The number of hydrogen-bond donors (Lipinski definition) is 1. The van der Waals surface area contributed by atoms with Crippen LogP contribution in [0.4, 0.5) is 4.79 Å². The van der Waals surface area contributed by atoms with Crippen LogP contribution < -0.4 is 14.8 Å². The molecule has 130 valence electrons. The Balaban J connectivity index is 1.37. The Bertz CT molecular complexity index is 622. The van der Waals surface area contributed by atoms with Gasteiger partial charge in [0.05, 0.1) is 0 Å². The molecule has 1 N–H and O–H groups in total. The zero-order valence-electron chi connectivity index (χ0n) is 14.2. The standard InChI is InChI=1S/C18H25N3O3/c1-20-8-6-15-14(11-20)3-2-7-21(15)18(22)19-10-13-4-5-16-17(9-13)24-12-23-16/h4-5,9,14-15H,2-3,6-8,10-12H2,1H3,(H,19,22)/t14-,15-/m1/s1. The van der Waals surface area contributed by atoms with Crippen LogP contribution in [0.25, 0.3) is 0 Å². The van der Waals surface area contributed by atoms with Crippen LogP contribution in [0, 0.1) is 5.92 Å². The highest BCUT2D eigenvalue weighted by Crippen LogP contribution is 2.33. The van der Waals surface area contributed by atoms with Crippen molar-refractivity contribution in [3.8, 4) is 11.5 Å². The molecule has 2 amide bonds. The number of carbonyl (C=O) groups excluding carboxylic acids is 1. The fourth-order valence-corrected chi connectivity index (χ4v) is 4.17. The molecule has 3 aliphatic heterocycles. The molecule has 0 aliphatic carbocycles. The average molecular weight is 331 g/mol. The molecule has 2 atom stereocenters. The lowest BCUT2D eigenvalue weighted by Crippen LogP contribution is -2.57. The van der Waals surface area contributed by atoms with Gasteiger partial charge in [-0.2, -0.15) is 0 Å². The van der Waals surface area contributed by atoms with Crippen molar-refractivity contribution in [3.63, 3.8) is 0 Å². The molecular formula is C18H25N3O3. The predicted molar refractivity (Wildman–Crippen MR) is 90.1 cm³/mol. The Morgan fingerprint density at radius 1 is 1.25 bits per heavy atom. The first-order valence-corrected chi connectivity index (χ1v) is 8.82. The number of hydrogen-bond acceptors (Lipinski definition) is 4. The third-order valence-corrected chi connectivity index (χ3v) is 5.41. The van der Waals surface area contributed by atoms with E-state index < -0.39 is 0 Å². The molecule has 0 aromatic heterocycles. The molecule has 0 radical (unpaired) electrons. The van der Waals surface area contributed by atoms with Gasteiger partial charge in [0.25, 0.3) is 0 Å². The third-order valence-electron chi connectivity index (χ3n) is 5.41. The van der Waals surface area contributed by atoms with E-state index in [0.29, 0.717) is 18.5 Å². The number of fused-ring (bicyclic) bond motifs is 2. The van der Waals surface area contributed by atoms with Crippen molar-refractivity contribution < 1.29 is 14.3 Å². The van der Waals surface area contributed by atoms with E-state index >= 15 is 0 Å². The first-order chi connectivity index (χ1) is 11.7. The smallest absolute Gasteiger partial charge is 0.317 e. The van der Waals surface area contributed by atoms with E-state index in [0.717, 1.165) is 49.5 Å². The fraction of sp³-hybridized carbons (Fsp3) is 0.611.